The van der Waals surface area contributed by atoms with Crippen molar-refractivity contribution in [1.82, 2.24) is 0 Å². The van der Waals surface area contributed by atoms with E-state index in [4.69, 9.17) is 15.2 Å². The van der Waals surface area contributed by atoms with Gasteiger partial charge >= 0.3 is 0 Å². The summed E-state index contributed by atoms with van der Waals surface area (Å²) < 4.78 is 11.9. The number of benzene rings is 2. The number of rotatable bonds is 2. The van der Waals surface area contributed by atoms with Gasteiger partial charge < -0.3 is 30.5 Å². The SMILES string of the molecule is C[C@H]1O[C@@H](O[C@@H]2CCCc3c(O)c4c(c(O)c32)C(=O)c2ccccc2C4=O)C[C@@H](N)[C@@H]1O. The molecule has 2 aromatic carbocycles. The molecular formula is C24H25NO7. The van der Waals surface area contributed by atoms with Crippen molar-refractivity contribution in [3.05, 3.63) is 57.6 Å². The van der Waals surface area contributed by atoms with E-state index in [1.807, 2.05) is 0 Å². The van der Waals surface area contributed by atoms with E-state index in [0.717, 1.165) is 0 Å². The molecule has 0 spiro atoms. The van der Waals surface area contributed by atoms with Gasteiger partial charge in [0, 0.05) is 34.7 Å². The van der Waals surface area contributed by atoms with Crippen LogP contribution in [-0.2, 0) is 15.9 Å². The Hall–Kier alpha value is -2.78. The van der Waals surface area contributed by atoms with Gasteiger partial charge in [0.1, 0.15) is 11.5 Å². The second kappa shape index (κ2) is 7.67. The summed E-state index contributed by atoms with van der Waals surface area (Å²) in [5, 5.41) is 32.3. The molecule has 1 heterocycles. The Morgan fingerprint density at radius 3 is 2.31 bits per heavy atom. The minimum absolute atomic E-state index is 0.154. The summed E-state index contributed by atoms with van der Waals surface area (Å²) in [6.45, 7) is 1.70. The van der Waals surface area contributed by atoms with Crippen LogP contribution in [0.15, 0.2) is 24.3 Å². The molecule has 8 nitrogen and oxygen atoms in total. The predicted octanol–water partition coefficient (Wildman–Crippen LogP) is 2.09. The standard InChI is InChI=1S/C24H25NO7/c1-10-20(26)14(25)9-16(31-10)32-15-8-4-7-13-17(15)24(30)19-18(23(13)29)21(27)11-5-2-3-6-12(11)22(19)28/h2-3,5-6,10,14-16,20,26,29-30H,4,7-9,25H2,1H3/t10-,14-,15-,16+,20-/m1/s1. The molecule has 168 valence electrons. The summed E-state index contributed by atoms with van der Waals surface area (Å²) >= 11 is 0. The lowest BCUT2D eigenvalue weighted by molar-refractivity contribution is -0.242. The lowest BCUT2D eigenvalue weighted by Crippen LogP contribution is -2.51. The van der Waals surface area contributed by atoms with Crippen LogP contribution in [0.25, 0.3) is 0 Å². The highest BCUT2D eigenvalue weighted by Gasteiger charge is 2.41. The molecule has 0 radical (unpaired) electrons. The van der Waals surface area contributed by atoms with Crippen LogP contribution in [0.4, 0.5) is 0 Å². The zero-order chi connectivity index (χ0) is 22.7. The Morgan fingerprint density at radius 1 is 1.06 bits per heavy atom. The third-order valence-corrected chi connectivity index (χ3v) is 6.74. The molecule has 0 saturated carbocycles. The highest BCUT2D eigenvalue weighted by atomic mass is 16.7. The first-order valence-corrected chi connectivity index (χ1v) is 10.8. The molecule has 5 atom stereocenters. The molecule has 8 heteroatoms. The van der Waals surface area contributed by atoms with Crippen LogP contribution in [0.1, 0.15) is 75.3 Å². The first-order valence-electron chi connectivity index (χ1n) is 10.8. The third-order valence-electron chi connectivity index (χ3n) is 6.74. The van der Waals surface area contributed by atoms with E-state index < -0.39 is 42.2 Å². The quantitative estimate of drug-likeness (QED) is 0.445. The molecule has 0 aromatic heterocycles. The largest absolute Gasteiger partial charge is 0.507 e. The lowest BCUT2D eigenvalue weighted by atomic mass is 9.77. The van der Waals surface area contributed by atoms with Gasteiger partial charge in [0.2, 0.25) is 0 Å². The molecule has 5 N–H and O–H groups in total. The number of hydrogen-bond donors (Lipinski definition) is 4. The van der Waals surface area contributed by atoms with E-state index >= 15 is 0 Å². The Morgan fingerprint density at radius 2 is 1.69 bits per heavy atom. The number of phenols is 2. The number of aliphatic hydroxyl groups excluding tert-OH is 1. The molecule has 3 aliphatic rings. The van der Waals surface area contributed by atoms with Crippen molar-refractivity contribution in [3.63, 3.8) is 0 Å². The fourth-order valence-corrected chi connectivity index (χ4v) is 5.08. The average Bonchev–Trinajstić information content (AvgIpc) is 2.78. The maximum atomic E-state index is 13.2. The van der Waals surface area contributed by atoms with Gasteiger partial charge in [-0.1, -0.05) is 24.3 Å². The van der Waals surface area contributed by atoms with Crippen LogP contribution in [0.2, 0.25) is 0 Å². The Balaban J connectivity index is 1.58. The van der Waals surface area contributed by atoms with Crippen LogP contribution in [0.5, 0.6) is 11.5 Å². The van der Waals surface area contributed by atoms with E-state index in [0.29, 0.717) is 30.4 Å². The van der Waals surface area contributed by atoms with Gasteiger partial charge in [0.05, 0.1) is 29.4 Å². The monoisotopic (exact) mass is 439 g/mol. The number of ketones is 2. The molecule has 2 aliphatic carbocycles. The number of aliphatic hydroxyl groups is 1. The summed E-state index contributed by atoms with van der Waals surface area (Å²) in [5.74, 6) is -1.61. The topological polar surface area (TPSA) is 139 Å². The van der Waals surface area contributed by atoms with Crippen molar-refractivity contribution in [2.45, 2.75) is 63.3 Å². The zero-order valence-electron chi connectivity index (χ0n) is 17.6. The summed E-state index contributed by atoms with van der Waals surface area (Å²) in [6, 6.07) is 5.86. The number of aromatic hydroxyl groups is 2. The Kier molecular flexibility index (Phi) is 5.05. The maximum absolute atomic E-state index is 13.2. The van der Waals surface area contributed by atoms with Crippen LogP contribution >= 0.6 is 0 Å². The second-order valence-electron chi connectivity index (χ2n) is 8.72. The molecule has 2 aromatic rings. The number of hydrogen-bond acceptors (Lipinski definition) is 8. The summed E-state index contributed by atoms with van der Waals surface area (Å²) in [7, 11) is 0. The Bertz CT molecular complexity index is 1120. The fourth-order valence-electron chi connectivity index (χ4n) is 5.08. The number of fused-ring (bicyclic) bond motifs is 3. The summed E-state index contributed by atoms with van der Waals surface area (Å²) in [4.78, 5) is 26.3. The van der Waals surface area contributed by atoms with Crippen molar-refractivity contribution < 1.29 is 34.4 Å². The fraction of sp³-hybridized carbons (Fsp3) is 0.417. The minimum Gasteiger partial charge on any atom is -0.507 e. The van der Waals surface area contributed by atoms with Crippen molar-refractivity contribution in [1.29, 1.82) is 0 Å². The normalized spacial score (nSPS) is 29.3. The summed E-state index contributed by atoms with van der Waals surface area (Å²) in [6.07, 6.45) is -0.812. The zero-order valence-corrected chi connectivity index (χ0v) is 17.6. The maximum Gasteiger partial charge on any atom is 0.198 e. The summed E-state index contributed by atoms with van der Waals surface area (Å²) in [5.41, 5.74) is 6.78. The van der Waals surface area contributed by atoms with Crippen LogP contribution in [0.3, 0.4) is 0 Å². The Labute approximate surface area is 184 Å². The lowest BCUT2D eigenvalue weighted by Gasteiger charge is -2.39. The second-order valence-corrected chi connectivity index (χ2v) is 8.72. The first kappa shape index (κ1) is 21.1. The molecule has 5 rings (SSSR count). The van der Waals surface area contributed by atoms with Crippen molar-refractivity contribution >= 4 is 11.6 Å². The molecule has 0 unspecified atom stereocenters. The van der Waals surface area contributed by atoms with Gasteiger partial charge in [-0.05, 0) is 26.2 Å². The van der Waals surface area contributed by atoms with Gasteiger partial charge in [-0.15, -0.1) is 0 Å². The molecule has 0 amide bonds. The first-order chi connectivity index (χ1) is 15.3. The molecule has 1 saturated heterocycles. The van der Waals surface area contributed by atoms with Crippen LogP contribution < -0.4 is 5.73 Å². The van der Waals surface area contributed by atoms with Gasteiger partial charge in [0.25, 0.3) is 0 Å². The van der Waals surface area contributed by atoms with E-state index in [-0.39, 0.29) is 40.2 Å². The highest BCUT2D eigenvalue weighted by molar-refractivity contribution is 6.30. The average molecular weight is 439 g/mol. The van der Waals surface area contributed by atoms with E-state index in [9.17, 15) is 24.9 Å². The van der Waals surface area contributed by atoms with Crippen molar-refractivity contribution in [2.75, 3.05) is 0 Å². The predicted molar refractivity (Wildman–Crippen MR) is 113 cm³/mol. The number of ether oxygens (including phenoxy) is 2. The molecule has 0 bridgehead atoms. The van der Waals surface area contributed by atoms with E-state index in [1.165, 1.54) is 6.07 Å². The molecular weight excluding hydrogens is 414 g/mol. The van der Waals surface area contributed by atoms with Crippen LogP contribution in [0, 0.1) is 0 Å². The molecule has 1 fully saturated rings. The van der Waals surface area contributed by atoms with Gasteiger partial charge in [-0.2, -0.15) is 0 Å². The number of nitrogens with two attached hydrogens (primary N) is 1. The van der Waals surface area contributed by atoms with Gasteiger partial charge in [-0.25, -0.2) is 0 Å². The van der Waals surface area contributed by atoms with Gasteiger partial charge in [0.15, 0.2) is 17.9 Å². The molecule has 1 aliphatic heterocycles. The molecule has 32 heavy (non-hydrogen) atoms. The van der Waals surface area contributed by atoms with E-state index in [1.54, 1.807) is 25.1 Å². The van der Waals surface area contributed by atoms with Crippen molar-refractivity contribution in [3.8, 4) is 11.5 Å². The van der Waals surface area contributed by atoms with Crippen molar-refractivity contribution in [2.24, 2.45) is 5.73 Å². The highest BCUT2D eigenvalue weighted by Crippen LogP contribution is 2.49. The van der Waals surface area contributed by atoms with Crippen LogP contribution in [-0.4, -0.2) is 51.4 Å². The van der Waals surface area contributed by atoms with E-state index in [2.05, 4.69) is 0 Å². The van der Waals surface area contributed by atoms with Gasteiger partial charge in [-0.3, -0.25) is 9.59 Å². The number of phenolic OH excluding ortho intramolecular Hbond substituents is 2. The number of carbonyl (C=O) groups excluding carboxylic acids is 2. The smallest absolute Gasteiger partial charge is 0.198 e. The third kappa shape index (κ3) is 3.06. The minimum atomic E-state index is -0.804. The number of carbonyl (C=O) groups is 2.